The molecule has 156 valence electrons. The first-order valence-electron chi connectivity index (χ1n) is 10.3. The van der Waals surface area contributed by atoms with Crippen molar-refractivity contribution in [3.8, 4) is 0 Å². The molecule has 1 saturated heterocycles. The van der Waals surface area contributed by atoms with E-state index in [1.54, 1.807) is 6.07 Å². The standard InChI is InChI=1S/C22H32N6O/c1-17-7-5-8-20(18(17)2)27-11-13-28(14-12-27)21-15-19(24-16-25-21)22(29)23-9-6-10-26(3)4/h5,7-8,15-16H,6,9-14H2,1-4H3,(H,23,29). The van der Waals surface area contributed by atoms with Crippen molar-refractivity contribution in [2.24, 2.45) is 0 Å². The SMILES string of the molecule is Cc1cccc(N2CCN(c3cc(C(=O)NCCCN(C)C)ncn3)CC2)c1C. The van der Waals surface area contributed by atoms with E-state index >= 15 is 0 Å². The van der Waals surface area contributed by atoms with Gasteiger partial charge in [0.25, 0.3) is 5.91 Å². The molecule has 7 heteroatoms. The number of aromatic nitrogens is 2. The van der Waals surface area contributed by atoms with E-state index in [9.17, 15) is 4.79 Å². The third-order valence-corrected chi connectivity index (χ3v) is 5.47. The van der Waals surface area contributed by atoms with Gasteiger partial charge in [0.05, 0.1) is 0 Å². The first-order valence-corrected chi connectivity index (χ1v) is 10.3. The molecule has 29 heavy (non-hydrogen) atoms. The number of anilines is 2. The van der Waals surface area contributed by atoms with Crippen molar-refractivity contribution in [1.29, 1.82) is 0 Å². The molecule has 0 bridgehead atoms. The summed E-state index contributed by atoms with van der Waals surface area (Å²) >= 11 is 0. The zero-order valence-corrected chi connectivity index (χ0v) is 18.0. The van der Waals surface area contributed by atoms with Crippen LogP contribution in [-0.2, 0) is 0 Å². The molecule has 3 rings (SSSR count). The molecule has 1 aliphatic heterocycles. The van der Waals surface area contributed by atoms with Crippen LogP contribution in [0.2, 0.25) is 0 Å². The summed E-state index contributed by atoms with van der Waals surface area (Å²) in [5.41, 5.74) is 4.40. The fourth-order valence-corrected chi connectivity index (χ4v) is 3.59. The van der Waals surface area contributed by atoms with Crippen molar-refractivity contribution in [3.63, 3.8) is 0 Å². The molecule has 1 aromatic heterocycles. The molecular formula is C22H32N6O. The lowest BCUT2D eigenvalue weighted by molar-refractivity contribution is 0.0947. The number of carbonyl (C=O) groups is 1. The highest BCUT2D eigenvalue weighted by molar-refractivity contribution is 5.92. The van der Waals surface area contributed by atoms with Crippen molar-refractivity contribution in [1.82, 2.24) is 20.2 Å². The first kappa shape index (κ1) is 21.0. The van der Waals surface area contributed by atoms with Gasteiger partial charge < -0.3 is 20.0 Å². The lowest BCUT2D eigenvalue weighted by atomic mass is 10.1. The zero-order valence-electron chi connectivity index (χ0n) is 18.0. The summed E-state index contributed by atoms with van der Waals surface area (Å²) in [5.74, 6) is 0.681. The molecule has 7 nitrogen and oxygen atoms in total. The number of piperazine rings is 1. The molecule has 0 spiro atoms. The van der Waals surface area contributed by atoms with Crippen molar-refractivity contribution >= 4 is 17.4 Å². The highest BCUT2D eigenvalue weighted by Gasteiger charge is 2.21. The molecule has 2 aromatic rings. The summed E-state index contributed by atoms with van der Waals surface area (Å²) in [4.78, 5) is 27.7. The maximum Gasteiger partial charge on any atom is 0.270 e. The second-order valence-corrected chi connectivity index (χ2v) is 7.87. The Balaban J connectivity index is 1.58. The van der Waals surface area contributed by atoms with E-state index < -0.39 is 0 Å². The van der Waals surface area contributed by atoms with E-state index in [1.807, 2.05) is 14.1 Å². The van der Waals surface area contributed by atoms with Gasteiger partial charge in [-0.3, -0.25) is 4.79 Å². The predicted octanol–water partition coefficient (Wildman–Crippen LogP) is 2.10. The van der Waals surface area contributed by atoms with Crippen LogP contribution in [0.5, 0.6) is 0 Å². The quantitative estimate of drug-likeness (QED) is 0.723. The Morgan fingerprint density at radius 2 is 1.83 bits per heavy atom. The topological polar surface area (TPSA) is 64.6 Å². The second-order valence-electron chi connectivity index (χ2n) is 7.87. The van der Waals surface area contributed by atoms with Gasteiger partial charge in [-0.1, -0.05) is 12.1 Å². The van der Waals surface area contributed by atoms with Gasteiger partial charge in [0.15, 0.2) is 0 Å². The van der Waals surface area contributed by atoms with Gasteiger partial charge in [0.2, 0.25) is 0 Å². The Labute approximate surface area is 173 Å². The van der Waals surface area contributed by atoms with Gasteiger partial charge in [0.1, 0.15) is 17.8 Å². The summed E-state index contributed by atoms with van der Waals surface area (Å²) in [6.07, 6.45) is 2.40. The van der Waals surface area contributed by atoms with E-state index in [1.165, 1.54) is 23.1 Å². The molecule has 1 aromatic carbocycles. The van der Waals surface area contributed by atoms with Crippen molar-refractivity contribution in [2.45, 2.75) is 20.3 Å². The van der Waals surface area contributed by atoms with Gasteiger partial charge in [0, 0.05) is 44.5 Å². The van der Waals surface area contributed by atoms with E-state index in [4.69, 9.17) is 0 Å². The molecule has 0 unspecified atom stereocenters. The molecule has 1 N–H and O–H groups in total. The molecule has 1 fully saturated rings. The number of nitrogens with one attached hydrogen (secondary N) is 1. The van der Waals surface area contributed by atoms with Crippen LogP contribution in [0, 0.1) is 13.8 Å². The van der Waals surface area contributed by atoms with Gasteiger partial charge in [-0.25, -0.2) is 9.97 Å². The van der Waals surface area contributed by atoms with E-state index in [0.717, 1.165) is 45.0 Å². The Morgan fingerprint density at radius 3 is 2.55 bits per heavy atom. The highest BCUT2D eigenvalue weighted by Crippen LogP contribution is 2.25. The average Bonchev–Trinajstić information content (AvgIpc) is 2.73. The van der Waals surface area contributed by atoms with Crippen molar-refractivity contribution in [3.05, 3.63) is 47.4 Å². The van der Waals surface area contributed by atoms with E-state index in [-0.39, 0.29) is 5.91 Å². The van der Waals surface area contributed by atoms with Gasteiger partial charge >= 0.3 is 0 Å². The van der Waals surface area contributed by atoms with Crippen LogP contribution in [0.1, 0.15) is 28.0 Å². The maximum absolute atomic E-state index is 12.4. The van der Waals surface area contributed by atoms with Crippen LogP contribution in [0.3, 0.4) is 0 Å². The molecule has 0 saturated carbocycles. The largest absolute Gasteiger partial charge is 0.368 e. The summed E-state index contributed by atoms with van der Waals surface area (Å²) in [7, 11) is 4.05. The van der Waals surface area contributed by atoms with Crippen LogP contribution in [0.25, 0.3) is 0 Å². The molecule has 0 atom stereocenters. The van der Waals surface area contributed by atoms with Crippen molar-refractivity contribution in [2.75, 3.05) is 63.2 Å². The van der Waals surface area contributed by atoms with Gasteiger partial charge in [-0.15, -0.1) is 0 Å². The number of nitrogens with zero attached hydrogens (tertiary/aromatic N) is 5. The fraction of sp³-hybridized carbons (Fsp3) is 0.500. The minimum absolute atomic E-state index is 0.138. The Bertz CT molecular complexity index is 830. The monoisotopic (exact) mass is 396 g/mol. The molecule has 0 radical (unpaired) electrons. The Kier molecular flexibility index (Phi) is 7.04. The number of hydrogen-bond acceptors (Lipinski definition) is 6. The number of hydrogen-bond donors (Lipinski definition) is 1. The molecule has 1 aliphatic rings. The van der Waals surface area contributed by atoms with Gasteiger partial charge in [-0.05, 0) is 58.1 Å². The fourth-order valence-electron chi connectivity index (χ4n) is 3.59. The highest BCUT2D eigenvalue weighted by atomic mass is 16.1. The molecule has 1 amide bonds. The summed E-state index contributed by atoms with van der Waals surface area (Å²) < 4.78 is 0. The third-order valence-electron chi connectivity index (χ3n) is 5.47. The normalized spacial score (nSPS) is 14.4. The smallest absolute Gasteiger partial charge is 0.270 e. The van der Waals surface area contributed by atoms with E-state index in [2.05, 4.69) is 62.0 Å². The minimum Gasteiger partial charge on any atom is -0.368 e. The number of amides is 1. The first-order chi connectivity index (χ1) is 14.0. The van der Waals surface area contributed by atoms with Crippen LogP contribution >= 0.6 is 0 Å². The number of carbonyl (C=O) groups excluding carboxylic acids is 1. The van der Waals surface area contributed by atoms with Crippen LogP contribution in [-0.4, -0.2) is 74.1 Å². The minimum atomic E-state index is -0.138. The molecular weight excluding hydrogens is 364 g/mol. The van der Waals surface area contributed by atoms with E-state index in [0.29, 0.717) is 12.2 Å². The zero-order chi connectivity index (χ0) is 20.8. The van der Waals surface area contributed by atoms with Crippen LogP contribution < -0.4 is 15.1 Å². The lowest BCUT2D eigenvalue weighted by Crippen LogP contribution is -2.47. The predicted molar refractivity (Wildman–Crippen MR) is 118 cm³/mol. The molecule has 0 aliphatic carbocycles. The maximum atomic E-state index is 12.4. The summed E-state index contributed by atoms with van der Waals surface area (Å²) in [6.45, 7) is 9.53. The number of rotatable bonds is 7. The van der Waals surface area contributed by atoms with Gasteiger partial charge in [-0.2, -0.15) is 0 Å². The number of benzene rings is 1. The van der Waals surface area contributed by atoms with Crippen molar-refractivity contribution < 1.29 is 4.79 Å². The average molecular weight is 397 g/mol. The number of aryl methyl sites for hydroxylation is 1. The van der Waals surface area contributed by atoms with Crippen LogP contribution in [0.4, 0.5) is 11.5 Å². The summed E-state index contributed by atoms with van der Waals surface area (Å²) in [6, 6.07) is 8.28. The third kappa shape index (κ3) is 5.44. The second kappa shape index (κ2) is 9.69. The molecule has 2 heterocycles. The van der Waals surface area contributed by atoms with Crippen LogP contribution in [0.15, 0.2) is 30.6 Å². The lowest BCUT2D eigenvalue weighted by Gasteiger charge is -2.37. The Morgan fingerprint density at radius 1 is 1.10 bits per heavy atom. The summed E-state index contributed by atoms with van der Waals surface area (Å²) in [5, 5.41) is 2.94. The Hall–Kier alpha value is -2.67.